The van der Waals surface area contributed by atoms with Crippen molar-refractivity contribution in [2.24, 2.45) is 0 Å². The number of nitrogens with zero attached hydrogens (tertiary/aromatic N) is 1. The first kappa shape index (κ1) is 18.3. The normalized spacial score (nSPS) is 9.96. The summed E-state index contributed by atoms with van der Waals surface area (Å²) in [6.07, 6.45) is -0.146. The first-order valence-electron chi connectivity index (χ1n) is 8.15. The average Bonchev–Trinajstić information content (AvgIpc) is 2.61. The zero-order chi connectivity index (χ0) is 18.1. The maximum absolute atomic E-state index is 11.4. The Morgan fingerprint density at radius 3 is 2.48 bits per heavy atom. The molecule has 0 aliphatic heterocycles. The van der Waals surface area contributed by atoms with E-state index in [1.54, 1.807) is 0 Å². The van der Waals surface area contributed by atoms with Crippen LogP contribution in [0.15, 0.2) is 42.5 Å². The van der Waals surface area contributed by atoms with Gasteiger partial charge in [0.25, 0.3) is 0 Å². The lowest BCUT2D eigenvalue weighted by Crippen LogP contribution is -2.22. The highest BCUT2D eigenvalue weighted by atomic mass is 16.5. The number of nitriles is 1. The lowest BCUT2D eigenvalue weighted by molar-refractivity contribution is -0.120. The Kier molecular flexibility index (Phi) is 6.85. The second-order valence-electron chi connectivity index (χ2n) is 5.61. The minimum Gasteiger partial charge on any atom is -0.490 e. The van der Waals surface area contributed by atoms with Gasteiger partial charge in [0.2, 0.25) is 5.91 Å². The summed E-state index contributed by atoms with van der Waals surface area (Å²) in [5, 5.41) is 11.2. The van der Waals surface area contributed by atoms with Crippen molar-refractivity contribution in [3.05, 3.63) is 59.2 Å². The number of hydrogen-bond donors (Lipinski definition) is 1. The van der Waals surface area contributed by atoms with Gasteiger partial charge >= 0.3 is 0 Å². The van der Waals surface area contributed by atoms with Crippen molar-refractivity contribution >= 4 is 5.91 Å². The lowest BCUT2D eigenvalue weighted by Gasteiger charge is -2.14. The van der Waals surface area contributed by atoms with Gasteiger partial charge in [0.1, 0.15) is 31.1 Å². The van der Waals surface area contributed by atoms with Crippen molar-refractivity contribution in [3.8, 4) is 17.6 Å². The fourth-order valence-electron chi connectivity index (χ4n) is 2.30. The Balaban J connectivity index is 1.85. The van der Waals surface area contributed by atoms with E-state index in [2.05, 4.69) is 18.3 Å². The predicted molar refractivity (Wildman–Crippen MR) is 95.4 cm³/mol. The van der Waals surface area contributed by atoms with Crippen molar-refractivity contribution < 1.29 is 14.3 Å². The molecular formula is C20H22N2O3. The Bertz CT molecular complexity index is 766. The number of para-hydroxylation sites is 1. The molecule has 25 heavy (non-hydrogen) atoms. The molecule has 0 atom stereocenters. The van der Waals surface area contributed by atoms with Gasteiger partial charge in [-0.05, 0) is 37.1 Å². The molecular weight excluding hydrogens is 316 g/mol. The van der Waals surface area contributed by atoms with Crippen molar-refractivity contribution in [2.45, 2.75) is 26.8 Å². The summed E-state index contributed by atoms with van der Waals surface area (Å²) in [5.41, 5.74) is 3.18. The van der Waals surface area contributed by atoms with Crippen LogP contribution in [-0.4, -0.2) is 19.1 Å². The number of carbonyl (C=O) groups excluding carboxylic acids is 1. The summed E-state index contributed by atoms with van der Waals surface area (Å²) < 4.78 is 11.6. The highest BCUT2D eigenvalue weighted by Gasteiger charge is 2.06. The third-order valence-corrected chi connectivity index (χ3v) is 3.84. The molecule has 2 aromatic carbocycles. The summed E-state index contributed by atoms with van der Waals surface area (Å²) in [6.45, 7) is 5.24. The molecule has 2 aromatic rings. The van der Waals surface area contributed by atoms with Gasteiger partial charge in [-0.3, -0.25) is 4.79 Å². The van der Waals surface area contributed by atoms with E-state index in [9.17, 15) is 4.79 Å². The number of carbonyl (C=O) groups is 1. The average molecular weight is 338 g/mol. The first-order valence-corrected chi connectivity index (χ1v) is 8.15. The number of hydrogen-bond acceptors (Lipinski definition) is 4. The molecule has 0 unspecified atom stereocenters. The summed E-state index contributed by atoms with van der Waals surface area (Å²) in [4.78, 5) is 11.4. The maximum atomic E-state index is 11.4. The van der Waals surface area contributed by atoms with Crippen molar-refractivity contribution in [2.75, 3.05) is 13.2 Å². The topological polar surface area (TPSA) is 71.3 Å². The van der Waals surface area contributed by atoms with Crippen LogP contribution in [0.1, 0.15) is 23.1 Å². The van der Waals surface area contributed by atoms with Gasteiger partial charge in [-0.1, -0.05) is 30.3 Å². The number of rotatable bonds is 8. The molecule has 0 spiro atoms. The smallest absolute Gasteiger partial charge is 0.234 e. The zero-order valence-electron chi connectivity index (χ0n) is 14.5. The number of amides is 1. The molecule has 0 saturated heterocycles. The van der Waals surface area contributed by atoms with Gasteiger partial charge in [-0.25, -0.2) is 0 Å². The van der Waals surface area contributed by atoms with Crippen LogP contribution < -0.4 is 14.8 Å². The molecule has 0 aliphatic rings. The van der Waals surface area contributed by atoms with E-state index in [1.807, 2.05) is 49.4 Å². The lowest BCUT2D eigenvalue weighted by atomic mass is 10.1. The number of aryl methyl sites for hydroxylation is 1. The third kappa shape index (κ3) is 5.54. The third-order valence-electron chi connectivity index (χ3n) is 3.84. The monoisotopic (exact) mass is 338 g/mol. The van der Waals surface area contributed by atoms with Crippen LogP contribution in [0.3, 0.4) is 0 Å². The van der Waals surface area contributed by atoms with Crippen LogP contribution in [0.4, 0.5) is 0 Å². The minimum atomic E-state index is -0.296. The molecule has 1 amide bonds. The second-order valence-corrected chi connectivity index (χ2v) is 5.61. The van der Waals surface area contributed by atoms with Gasteiger partial charge < -0.3 is 14.8 Å². The van der Waals surface area contributed by atoms with Crippen LogP contribution in [0, 0.1) is 25.2 Å². The van der Waals surface area contributed by atoms with Gasteiger partial charge in [0.15, 0.2) is 0 Å². The van der Waals surface area contributed by atoms with Crippen LogP contribution >= 0.6 is 0 Å². The molecule has 5 heteroatoms. The number of nitrogens with one attached hydrogen (secondary N) is 1. The molecule has 0 aromatic heterocycles. The highest BCUT2D eigenvalue weighted by molar-refractivity contribution is 5.78. The summed E-state index contributed by atoms with van der Waals surface area (Å²) in [5.74, 6) is 1.26. The number of benzene rings is 2. The van der Waals surface area contributed by atoms with E-state index in [-0.39, 0.29) is 12.3 Å². The van der Waals surface area contributed by atoms with Crippen LogP contribution in [0.2, 0.25) is 0 Å². The van der Waals surface area contributed by atoms with Crippen molar-refractivity contribution in [1.82, 2.24) is 5.32 Å². The molecule has 0 heterocycles. The van der Waals surface area contributed by atoms with E-state index in [4.69, 9.17) is 14.7 Å². The molecule has 0 saturated carbocycles. The molecule has 2 rings (SSSR count). The van der Waals surface area contributed by atoms with E-state index < -0.39 is 0 Å². The molecule has 1 N–H and O–H groups in total. The summed E-state index contributed by atoms with van der Waals surface area (Å²) >= 11 is 0. The summed E-state index contributed by atoms with van der Waals surface area (Å²) in [7, 11) is 0. The largest absolute Gasteiger partial charge is 0.490 e. The molecule has 0 fully saturated rings. The maximum Gasteiger partial charge on any atom is 0.234 e. The second kappa shape index (κ2) is 9.33. The predicted octanol–water partition coefficient (Wildman–Crippen LogP) is 3.29. The molecule has 0 bridgehead atoms. The quantitative estimate of drug-likeness (QED) is 0.750. The zero-order valence-corrected chi connectivity index (χ0v) is 14.5. The van der Waals surface area contributed by atoms with Gasteiger partial charge in [-0.15, -0.1) is 0 Å². The van der Waals surface area contributed by atoms with Crippen molar-refractivity contribution in [1.29, 1.82) is 5.26 Å². The Labute approximate surface area is 148 Å². The van der Waals surface area contributed by atoms with Crippen molar-refractivity contribution in [3.63, 3.8) is 0 Å². The van der Waals surface area contributed by atoms with Crippen LogP contribution in [-0.2, 0) is 11.3 Å². The fourth-order valence-corrected chi connectivity index (χ4v) is 2.30. The molecule has 130 valence electrons. The molecule has 5 nitrogen and oxygen atoms in total. The standard InChI is InChI=1S/C20H22N2O3/c1-15-6-5-9-18(16(15)2)24-12-13-25-19-8-4-3-7-17(19)14-22-20(23)10-11-21/h3-9H,10,12-14H2,1-2H3,(H,22,23). The van der Waals surface area contributed by atoms with Gasteiger partial charge in [0, 0.05) is 12.1 Å². The first-order chi connectivity index (χ1) is 12.1. The Morgan fingerprint density at radius 2 is 1.72 bits per heavy atom. The molecule has 0 aliphatic carbocycles. The van der Waals surface area contributed by atoms with Crippen LogP contribution in [0.25, 0.3) is 0 Å². The summed E-state index contributed by atoms with van der Waals surface area (Å²) in [6, 6.07) is 15.3. The van der Waals surface area contributed by atoms with Gasteiger partial charge in [0.05, 0.1) is 6.07 Å². The SMILES string of the molecule is Cc1cccc(OCCOc2ccccc2CNC(=O)CC#N)c1C. The van der Waals surface area contributed by atoms with E-state index in [1.165, 1.54) is 5.56 Å². The highest BCUT2D eigenvalue weighted by Crippen LogP contribution is 2.21. The van der Waals surface area contributed by atoms with E-state index >= 15 is 0 Å². The Hall–Kier alpha value is -3.00. The van der Waals surface area contributed by atoms with Gasteiger partial charge in [-0.2, -0.15) is 5.26 Å². The van der Waals surface area contributed by atoms with E-state index in [0.717, 1.165) is 16.9 Å². The Morgan fingerprint density at radius 1 is 1.04 bits per heavy atom. The number of ether oxygens (including phenoxy) is 2. The van der Waals surface area contributed by atoms with Crippen LogP contribution in [0.5, 0.6) is 11.5 Å². The minimum absolute atomic E-state index is 0.146. The molecule has 0 radical (unpaired) electrons. The van der Waals surface area contributed by atoms with E-state index in [0.29, 0.717) is 25.5 Å². The fraction of sp³-hybridized carbons (Fsp3) is 0.300.